The quantitative estimate of drug-likeness (QED) is 0.323. The van der Waals surface area contributed by atoms with Gasteiger partial charge in [0.05, 0.1) is 6.10 Å². The Bertz CT molecular complexity index is 1340. The molecule has 2 heterocycles. The molecule has 0 unspecified atom stereocenters. The summed E-state index contributed by atoms with van der Waals surface area (Å²) >= 11 is 0. The molecule has 252 valence electrons. The third-order valence-corrected chi connectivity index (χ3v) is 14.4. The Hall–Kier alpha value is -2.45. The predicted molar refractivity (Wildman–Crippen MR) is 176 cm³/mol. The number of amides is 2. The summed E-state index contributed by atoms with van der Waals surface area (Å²) in [6, 6.07) is 7.01. The van der Waals surface area contributed by atoms with E-state index in [1.165, 1.54) is 6.42 Å². The summed E-state index contributed by atoms with van der Waals surface area (Å²) in [4.78, 5) is 39.7. The van der Waals surface area contributed by atoms with Crippen LogP contribution < -0.4 is 16.0 Å². The number of ketones is 1. The van der Waals surface area contributed by atoms with Crippen molar-refractivity contribution >= 4 is 17.6 Å². The van der Waals surface area contributed by atoms with Crippen molar-refractivity contribution in [3.8, 4) is 5.75 Å². The van der Waals surface area contributed by atoms with E-state index in [1.54, 1.807) is 12.1 Å². The van der Waals surface area contributed by atoms with E-state index < -0.39 is 0 Å². The number of ether oxygens (including phenoxy) is 1. The molecular formula is C38H55N3O5. The molecule has 1 aromatic rings. The molecule has 8 heteroatoms. The van der Waals surface area contributed by atoms with Gasteiger partial charge >= 0.3 is 0 Å². The number of carbonyl (C=O) groups excluding carboxylic acids is 3. The molecule has 7 rings (SSSR count). The molecule has 8 nitrogen and oxygen atoms in total. The Morgan fingerprint density at radius 1 is 1.00 bits per heavy atom. The number of carbonyl (C=O) groups is 3. The first-order valence-electron chi connectivity index (χ1n) is 18.2. The molecule has 2 aliphatic heterocycles. The van der Waals surface area contributed by atoms with Crippen LogP contribution in [0.4, 0.5) is 0 Å². The number of aromatic hydroxyl groups is 1. The number of nitrogens with one attached hydrogen (secondary N) is 3. The zero-order chi connectivity index (χ0) is 32.4. The van der Waals surface area contributed by atoms with E-state index >= 15 is 0 Å². The van der Waals surface area contributed by atoms with Gasteiger partial charge in [-0.25, -0.2) is 0 Å². The monoisotopic (exact) mass is 633 g/mol. The Morgan fingerprint density at radius 2 is 1.78 bits per heavy atom. The lowest BCUT2D eigenvalue weighted by molar-refractivity contribution is -0.160. The van der Waals surface area contributed by atoms with Gasteiger partial charge in [-0.15, -0.1) is 0 Å². The lowest BCUT2D eigenvalue weighted by atomic mass is 9.44. The molecule has 0 aromatic heterocycles. The predicted octanol–water partition coefficient (Wildman–Crippen LogP) is 5.12. The second kappa shape index (κ2) is 11.9. The van der Waals surface area contributed by atoms with Crippen LogP contribution in [0.15, 0.2) is 24.3 Å². The molecule has 6 fully saturated rings. The highest BCUT2D eigenvalue weighted by molar-refractivity contribution is 5.97. The average molecular weight is 634 g/mol. The van der Waals surface area contributed by atoms with Crippen molar-refractivity contribution in [1.29, 1.82) is 0 Å². The van der Waals surface area contributed by atoms with Gasteiger partial charge in [-0.1, -0.05) is 39.8 Å². The van der Waals surface area contributed by atoms with Gasteiger partial charge < -0.3 is 20.5 Å². The van der Waals surface area contributed by atoms with Gasteiger partial charge in [0.1, 0.15) is 23.7 Å². The Balaban J connectivity index is 0.943. The molecule has 4 aliphatic carbocycles. The van der Waals surface area contributed by atoms with Crippen LogP contribution in [0.5, 0.6) is 5.75 Å². The minimum Gasteiger partial charge on any atom is -0.508 e. The van der Waals surface area contributed by atoms with Crippen LogP contribution >= 0.6 is 0 Å². The zero-order valence-corrected chi connectivity index (χ0v) is 28.3. The lowest BCUT2D eigenvalue weighted by Gasteiger charge is -2.60. The highest BCUT2D eigenvalue weighted by Gasteiger charge is 2.71. The summed E-state index contributed by atoms with van der Waals surface area (Å²) in [6.07, 6.45) is 9.78. The number of hydrogen-bond acceptors (Lipinski definition) is 6. The van der Waals surface area contributed by atoms with Crippen LogP contribution in [0, 0.1) is 52.3 Å². The highest BCUT2D eigenvalue weighted by atomic mass is 16.5. The molecule has 0 bridgehead atoms. The van der Waals surface area contributed by atoms with Crippen molar-refractivity contribution < 1.29 is 24.2 Å². The number of fused-ring (bicyclic) bond motifs is 7. The van der Waals surface area contributed by atoms with Gasteiger partial charge in [-0.05, 0) is 110 Å². The SMILES string of the molecule is C[C@@H]1CC[C@@]2(NC1)O[C@H]1C[C@H]3[C@@H]4CC[C@H]5C[C@@H](NC(=O)CC(=O)NCCc6ccc(O)cc6)CC[C@]5(C)[C@H]4CC(=O)[C@]3(C)[C@H]1[C@@H]2C. The van der Waals surface area contributed by atoms with E-state index in [9.17, 15) is 19.5 Å². The van der Waals surface area contributed by atoms with Crippen molar-refractivity contribution in [3.05, 3.63) is 29.8 Å². The summed E-state index contributed by atoms with van der Waals surface area (Å²) in [6.45, 7) is 10.9. The molecule has 4 N–H and O–H groups in total. The second-order valence-electron chi connectivity index (χ2n) is 16.7. The fourth-order valence-corrected chi connectivity index (χ4v) is 11.8. The number of piperidine rings is 1. The van der Waals surface area contributed by atoms with E-state index in [2.05, 4.69) is 43.6 Å². The third-order valence-electron chi connectivity index (χ3n) is 14.4. The first-order valence-corrected chi connectivity index (χ1v) is 18.2. The fourth-order valence-electron chi connectivity index (χ4n) is 11.8. The number of hydrogen-bond donors (Lipinski definition) is 4. The van der Waals surface area contributed by atoms with Crippen molar-refractivity contribution in [1.82, 2.24) is 16.0 Å². The minimum atomic E-state index is -0.293. The topological polar surface area (TPSA) is 117 Å². The van der Waals surface area contributed by atoms with Crippen molar-refractivity contribution in [2.75, 3.05) is 13.1 Å². The van der Waals surface area contributed by atoms with Crippen LogP contribution in [0.3, 0.4) is 0 Å². The molecule has 0 radical (unpaired) electrons. The van der Waals surface area contributed by atoms with Crippen molar-refractivity contribution in [2.24, 2.45) is 52.3 Å². The van der Waals surface area contributed by atoms with E-state index in [1.807, 2.05) is 12.1 Å². The van der Waals surface area contributed by atoms with Crippen LogP contribution in [0.1, 0.15) is 97.5 Å². The number of benzene rings is 1. The number of phenolic OH excluding ortho intramolecular Hbond substituents is 1. The molecule has 1 aromatic carbocycles. The van der Waals surface area contributed by atoms with E-state index in [0.29, 0.717) is 66.6 Å². The molecule has 12 atom stereocenters. The number of Topliss-reactive ketones (excluding diaryl/α,β-unsaturated/α-hetero) is 1. The van der Waals surface area contributed by atoms with Crippen LogP contribution in [-0.2, 0) is 25.5 Å². The normalized spacial score (nSPS) is 44.5. The maximum Gasteiger partial charge on any atom is 0.229 e. The van der Waals surface area contributed by atoms with Gasteiger partial charge in [0.25, 0.3) is 0 Å². The molecule has 46 heavy (non-hydrogen) atoms. The molecule has 2 amide bonds. The molecule has 4 saturated carbocycles. The van der Waals surface area contributed by atoms with Gasteiger partial charge in [0.15, 0.2) is 0 Å². The van der Waals surface area contributed by atoms with Crippen LogP contribution in [-0.4, -0.2) is 53.7 Å². The molecular weight excluding hydrogens is 578 g/mol. The molecule has 6 aliphatic rings. The van der Waals surface area contributed by atoms with E-state index in [-0.39, 0.29) is 52.7 Å². The highest BCUT2D eigenvalue weighted by Crippen LogP contribution is 2.70. The Labute approximate surface area is 274 Å². The first-order chi connectivity index (χ1) is 21.9. The first kappa shape index (κ1) is 32.1. The number of phenols is 1. The van der Waals surface area contributed by atoms with Crippen molar-refractivity contribution in [3.63, 3.8) is 0 Å². The van der Waals surface area contributed by atoms with E-state index in [0.717, 1.165) is 57.1 Å². The molecule has 1 spiro atoms. The largest absolute Gasteiger partial charge is 0.508 e. The standard InChI is InChI=1S/C38H55N3O5/c1-22-11-15-38(40-21-22)23(2)35-31(46-38)18-30-28-10-7-25-17-26(12-14-36(25,3)29(28)19-32(43)37(30,35)4)41-34(45)20-33(44)39-16-13-24-5-8-27(42)9-6-24/h5-6,8-9,22-23,25-26,28-31,35,40,42H,7,10-21H2,1-4H3,(H,39,44)(H,41,45)/t22-,23+,25+,26+,28-,29+,30+,31+,35+,36+,37-,38-/m1/s1. The van der Waals surface area contributed by atoms with Gasteiger partial charge in [-0.2, -0.15) is 0 Å². The van der Waals surface area contributed by atoms with E-state index in [4.69, 9.17) is 4.74 Å². The maximum atomic E-state index is 14.4. The van der Waals surface area contributed by atoms with Crippen LogP contribution in [0.2, 0.25) is 0 Å². The second-order valence-corrected chi connectivity index (χ2v) is 16.7. The maximum absolute atomic E-state index is 14.4. The summed E-state index contributed by atoms with van der Waals surface area (Å²) < 4.78 is 6.98. The average Bonchev–Trinajstić information content (AvgIpc) is 3.47. The van der Waals surface area contributed by atoms with Gasteiger partial charge in [0.2, 0.25) is 11.8 Å². The summed E-state index contributed by atoms with van der Waals surface area (Å²) in [5, 5.41) is 19.3. The number of rotatable bonds is 6. The minimum absolute atomic E-state index is 0.0819. The zero-order valence-electron chi connectivity index (χ0n) is 28.3. The van der Waals surface area contributed by atoms with Gasteiger partial charge in [0, 0.05) is 42.8 Å². The van der Waals surface area contributed by atoms with Gasteiger partial charge in [-0.3, -0.25) is 19.7 Å². The lowest BCUT2D eigenvalue weighted by Crippen LogP contribution is -2.60. The van der Waals surface area contributed by atoms with Crippen molar-refractivity contribution in [2.45, 2.75) is 116 Å². The summed E-state index contributed by atoms with van der Waals surface area (Å²) in [5.74, 6) is 3.40. The fraction of sp³-hybridized carbons (Fsp3) is 0.763. The third kappa shape index (κ3) is 5.30. The Kier molecular flexibility index (Phi) is 8.31. The summed E-state index contributed by atoms with van der Waals surface area (Å²) in [5.41, 5.74) is 0.580. The van der Waals surface area contributed by atoms with Crippen LogP contribution in [0.25, 0.3) is 0 Å². The molecule has 2 saturated heterocycles. The smallest absolute Gasteiger partial charge is 0.229 e. The Morgan fingerprint density at radius 3 is 2.52 bits per heavy atom. The summed E-state index contributed by atoms with van der Waals surface area (Å²) in [7, 11) is 0.